The number of anilines is 1. The van der Waals surface area contributed by atoms with Crippen molar-refractivity contribution < 1.29 is 4.79 Å². The third-order valence-electron chi connectivity index (χ3n) is 4.98. The maximum atomic E-state index is 11.7. The van der Waals surface area contributed by atoms with Crippen LogP contribution in [0.5, 0.6) is 0 Å². The summed E-state index contributed by atoms with van der Waals surface area (Å²) >= 11 is 1.71. The van der Waals surface area contributed by atoms with Crippen LogP contribution in [0.1, 0.15) is 26.5 Å². The Labute approximate surface area is 170 Å². The van der Waals surface area contributed by atoms with Crippen LogP contribution in [0.4, 0.5) is 5.82 Å². The van der Waals surface area contributed by atoms with Gasteiger partial charge in [0.25, 0.3) is 5.91 Å². The number of thiophene rings is 1. The van der Waals surface area contributed by atoms with Gasteiger partial charge in [0.05, 0.1) is 29.5 Å². The van der Waals surface area contributed by atoms with Gasteiger partial charge in [0.15, 0.2) is 11.6 Å². The van der Waals surface area contributed by atoms with E-state index >= 15 is 0 Å². The lowest BCUT2D eigenvalue weighted by Gasteiger charge is -2.20. The fourth-order valence-electron chi connectivity index (χ4n) is 3.57. The number of nitrogens with one attached hydrogen (secondary N) is 2. The molecule has 0 aromatic carbocycles. The minimum absolute atomic E-state index is 0.421. The lowest BCUT2D eigenvalue weighted by atomic mass is 10.1. The quantitative estimate of drug-likeness (QED) is 0.470. The third-order valence-corrected chi connectivity index (χ3v) is 5.86. The first kappa shape index (κ1) is 17.8. The molecule has 146 valence electrons. The summed E-state index contributed by atoms with van der Waals surface area (Å²) in [4.78, 5) is 27.1. The number of imidazole rings is 1. The van der Waals surface area contributed by atoms with Crippen LogP contribution in [0.3, 0.4) is 0 Å². The molecule has 4 aromatic rings. The summed E-state index contributed by atoms with van der Waals surface area (Å²) in [6.07, 6.45) is 4.31. The lowest BCUT2D eigenvalue weighted by Crippen LogP contribution is -2.26. The number of nitrogens with two attached hydrogens (primary N) is 1. The molecule has 1 aliphatic rings. The molecule has 0 fully saturated rings. The maximum absolute atomic E-state index is 11.7. The van der Waals surface area contributed by atoms with E-state index in [-0.39, 0.29) is 0 Å². The van der Waals surface area contributed by atoms with Crippen LogP contribution in [0.2, 0.25) is 0 Å². The Morgan fingerprint density at radius 3 is 3.07 bits per heavy atom. The van der Waals surface area contributed by atoms with Gasteiger partial charge in [-0.05, 0) is 23.6 Å². The highest BCUT2D eigenvalue weighted by Gasteiger charge is 2.21. The second-order valence-corrected chi connectivity index (χ2v) is 7.84. The zero-order chi connectivity index (χ0) is 19.8. The minimum atomic E-state index is -0.488. The van der Waals surface area contributed by atoms with Crippen molar-refractivity contribution in [3.05, 3.63) is 63.7 Å². The van der Waals surface area contributed by atoms with Crippen molar-refractivity contribution in [2.75, 3.05) is 11.9 Å². The third kappa shape index (κ3) is 3.24. The number of aromatic nitrogens is 4. The molecule has 0 atom stereocenters. The summed E-state index contributed by atoms with van der Waals surface area (Å²) in [5.41, 5.74) is 8.68. The average molecular weight is 405 g/mol. The van der Waals surface area contributed by atoms with Crippen LogP contribution < -0.4 is 16.4 Å². The first-order valence-electron chi connectivity index (χ1n) is 9.33. The van der Waals surface area contributed by atoms with Crippen LogP contribution in [-0.4, -0.2) is 31.8 Å². The summed E-state index contributed by atoms with van der Waals surface area (Å²) in [6.45, 7) is 2.31. The van der Waals surface area contributed by atoms with Crippen molar-refractivity contribution in [3.63, 3.8) is 0 Å². The lowest BCUT2D eigenvalue weighted by molar-refractivity contribution is 0.100. The van der Waals surface area contributed by atoms with Gasteiger partial charge in [-0.1, -0.05) is 6.07 Å². The van der Waals surface area contributed by atoms with E-state index in [0.29, 0.717) is 29.3 Å². The van der Waals surface area contributed by atoms with Crippen molar-refractivity contribution in [3.8, 4) is 11.6 Å². The summed E-state index contributed by atoms with van der Waals surface area (Å²) in [7, 11) is 0. The Morgan fingerprint density at radius 1 is 1.31 bits per heavy atom. The van der Waals surface area contributed by atoms with E-state index in [1.54, 1.807) is 29.7 Å². The van der Waals surface area contributed by atoms with Crippen molar-refractivity contribution in [1.82, 2.24) is 24.7 Å². The normalized spacial score (nSPS) is 13.4. The van der Waals surface area contributed by atoms with Gasteiger partial charge in [0.1, 0.15) is 5.82 Å². The van der Waals surface area contributed by atoms with E-state index in [4.69, 9.17) is 15.7 Å². The average Bonchev–Trinajstić information content (AvgIpc) is 3.41. The molecule has 0 spiro atoms. The van der Waals surface area contributed by atoms with Crippen LogP contribution in [0.25, 0.3) is 17.2 Å². The molecule has 5 rings (SSSR count). The van der Waals surface area contributed by atoms with Crippen LogP contribution in [-0.2, 0) is 19.5 Å². The fraction of sp³-hybridized carbons (Fsp3) is 0.200. The predicted octanol–water partition coefficient (Wildman–Crippen LogP) is 2.21. The molecule has 9 heteroatoms. The summed E-state index contributed by atoms with van der Waals surface area (Å²) in [6, 6.07) is 7.60. The molecule has 0 aliphatic carbocycles. The summed E-state index contributed by atoms with van der Waals surface area (Å²) in [5.74, 6) is 1.44. The highest BCUT2D eigenvalue weighted by molar-refractivity contribution is 7.09. The zero-order valence-corrected chi connectivity index (χ0v) is 16.4. The van der Waals surface area contributed by atoms with Gasteiger partial charge in [-0.25, -0.2) is 15.0 Å². The van der Waals surface area contributed by atoms with Gasteiger partial charge < -0.3 is 16.4 Å². The number of hydrogen-bond donors (Lipinski definition) is 3. The van der Waals surface area contributed by atoms with Crippen molar-refractivity contribution in [2.24, 2.45) is 5.73 Å². The van der Waals surface area contributed by atoms with Gasteiger partial charge >= 0.3 is 0 Å². The standard InChI is InChI=1S/C20H19N7OS/c21-17(28)13-4-1-7-27-16(13)11-24-20(27)19-25-15-5-6-22-10-14(15)18(26-19)23-9-12-3-2-8-29-12/h1-4,7-8,11,22H,5-6,9-10H2,(H2,21,28)(H,23,25,26). The van der Waals surface area contributed by atoms with Crippen LogP contribution in [0.15, 0.2) is 42.0 Å². The van der Waals surface area contributed by atoms with E-state index in [9.17, 15) is 4.79 Å². The molecule has 0 bridgehead atoms. The number of rotatable bonds is 5. The molecule has 29 heavy (non-hydrogen) atoms. The SMILES string of the molecule is NC(=O)c1cccn2c(-c3nc4c(c(NCc5cccs5)n3)CNCC4)ncc12. The Kier molecular flexibility index (Phi) is 4.45. The molecular weight excluding hydrogens is 386 g/mol. The molecule has 0 radical (unpaired) electrons. The highest BCUT2D eigenvalue weighted by atomic mass is 32.1. The van der Waals surface area contributed by atoms with Gasteiger partial charge in [-0.15, -0.1) is 11.3 Å². The summed E-state index contributed by atoms with van der Waals surface area (Å²) in [5, 5.41) is 8.91. The number of nitrogens with zero attached hydrogens (tertiary/aromatic N) is 4. The minimum Gasteiger partial charge on any atom is -0.366 e. The monoisotopic (exact) mass is 405 g/mol. The summed E-state index contributed by atoms with van der Waals surface area (Å²) < 4.78 is 1.81. The number of hydrogen-bond acceptors (Lipinski definition) is 7. The number of carbonyl (C=O) groups is 1. The van der Waals surface area contributed by atoms with E-state index in [2.05, 4.69) is 27.1 Å². The number of amides is 1. The second kappa shape index (κ2) is 7.26. The van der Waals surface area contributed by atoms with E-state index < -0.39 is 5.91 Å². The Morgan fingerprint density at radius 2 is 2.24 bits per heavy atom. The van der Waals surface area contributed by atoms with Crippen LogP contribution >= 0.6 is 11.3 Å². The second-order valence-electron chi connectivity index (χ2n) is 6.80. The number of fused-ring (bicyclic) bond motifs is 2. The predicted molar refractivity (Wildman–Crippen MR) is 112 cm³/mol. The molecular formula is C20H19N7OS. The molecule has 1 amide bonds. The Hall–Kier alpha value is -3.30. The number of pyridine rings is 1. The van der Waals surface area contributed by atoms with Crippen LogP contribution in [0, 0.1) is 0 Å². The molecule has 5 heterocycles. The molecule has 0 saturated carbocycles. The van der Waals surface area contributed by atoms with Gasteiger partial charge in [-0.2, -0.15) is 0 Å². The molecule has 4 N–H and O–H groups in total. The first-order chi connectivity index (χ1) is 14.2. The zero-order valence-electron chi connectivity index (χ0n) is 15.6. The van der Waals surface area contributed by atoms with E-state index in [1.165, 1.54) is 4.88 Å². The fourth-order valence-corrected chi connectivity index (χ4v) is 4.21. The molecule has 4 aromatic heterocycles. The largest absolute Gasteiger partial charge is 0.366 e. The highest BCUT2D eigenvalue weighted by Crippen LogP contribution is 2.26. The first-order valence-corrected chi connectivity index (χ1v) is 10.2. The van der Waals surface area contributed by atoms with E-state index in [0.717, 1.165) is 36.6 Å². The van der Waals surface area contributed by atoms with Gasteiger partial charge in [-0.3, -0.25) is 9.20 Å². The van der Waals surface area contributed by atoms with Crippen molar-refractivity contribution in [2.45, 2.75) is 19.5 Å². The van der Waals surface area contributed by atoms with Crippen molar-refractivity contribution >= 4 is 28.6 Å². The molecule has 8 nitrogen and oxygen atoms in total. The molecule has 0 unspecified atom stereocenters. The van der Waals surface area contributed by atoms with E-state index in [1.807, 2.05) is 16.7 Å². The van der Waals surface area contributed by atoms with Gasteiger partial charge in [0.2, 0.25) is 0 Å². The topological polar surface area (TPSA) is 110 Å². The number of primary amides is 1. The van der Waals surface area contributed by atoms with Crippen molar-refractivity contribution in [1.29, 1.82) is 0 Å². The molecule has 0 saturated heterocycles. The van der Waals surface area contributed by atoms with Gasteiger partial charge in [0, 0.05) is 36.1 Å². The Bertz CT molecular complexity index is 1200. The Balaban J connectivity index is 1.60. The maximum Gasteiger partial charge on any atom is 0.250 e. The smallest absolute Gasteiger partial charge is 0.250 e. The molecule has 1 aliphatic heterocycles. The number of carbonyl (C=O) groups excluding carboxylic acids is 1.